The van der Waals surface area contributed by atoms with Crippen LogP contribution in [-0.4, -0.2) is 35.4 Å². The zero-order valence-corrected chi connectivity index (χ0v) is 24.0. The Hall–Kier alpha value is -2.52. The third kappa shape index (κ3) is 6.54. The molecule has 4 aromatic rings. The van der Waals surface area contributed by atoms with E-state index in [-0.39, 0.29) is 4.90 Å². The van der Waals surface area contributed by atoms with E-state index in [1.54, 1.807) is 36.5 Å². The standard InChI is InChI=1S/C13H10BrN3O2S.C10H13BrN2Si/c1-9-2-4-10(5-3-9)20(18,19)17-7-6-11-13(17)15-8-12(14)16-11;1-14(2,3)5-4-8-6-9(11)7-13-10(8)12/h2-8H,1H3;6-7H,1-3H3,(H2,12,13). The molecular formula is C23H23Br2N5O2SSi. The molecule has 0 radical (unpaired) electrons. The maximum atomic E-state index is 12.6. The molecule has 2 N–H and O–H groups in total. The Morgan fingerprint density at radius 3 is 2.35 bits per heavy atom. The number of hydrogen-bond donors (Lipinski definition) is 1. The molecule has 0 bridgehead atoms. The normalized spacial score (nSPS) is 11.4. The summed E-state index contributed by atoms with van der Waals surface area (Å²) in [4.78, 5) is 12.6. The van der Waals surface area contributed by atoms with Gasteiger partial charge in [-0.25, -0.2) is 27.3 Å². The Labute approximate surface area is 217 Å². The van der Waals surface area contributed by atoms with Crippen LogP contribution < -0.4 is 5.73 Å². The van der Waals surface area contributed by atoms with E-state index in [1.807, 2.05) is 13.0 Å². The molecule has 0 unspecified atom stereocenters. The van der Waals surface area contributed by atoms with E-state index >= 15 is 0 Å². The maximum absolute atomic E-state index is 12.6. The van der Waals surface area contributed by atoms with Gasteiger partial charge in [0.1, 0.15) is 24.0 Å². The highest BCUT2D eigenvalue weighted by Crippen LogP contribution is 2.21. The number of nitrogen functional groups attached to an aromatic ring is 1. The number of halogens is 2. The maximum Gasteiger partial charge on any atom is 0.269 e. The van der Waals surface area contributed by atoms with Crippen molar-refractivity contribution < 1.29 is 8.42 Å². The van der Waals surface area contributed by atoms with Crippen molar-refractivity contribution in [2.75, 3.05) is 5.73 Å². The number of pyridine rings is 1. The van der Waals surface area contributed by atoms with Crippen molar-refractivity contribution in [1.29, 1.82) is 0 Å². The summed E-state index contributed by atoms with van der Waals surface area (Å²) in [5.74, 6) is 3.59. The number of benzene rings is 1. The summed E-state index contributed by atoms with van der Waals surface area (Å²) in [6, 6.07) is 10.2. The van der Waals surface area contributed by atoms with Crippen LogP contribution in [-0.2, 0) is 10.0 Å². The number of anilines is 1. The van der Waals surface area contributed by atoms with Crippen molar-refractivity contribution in [2.24, 2.45) is 0 Å². The number of rotatable bonds is 2. The Morgan fingerprint density at radius 1 is 1.03 bits per heavy atom. The van der Waals surface area contributed by atoms with Crippen LogP contribution in [0.15, 0.2) is 69.0 Å². The number of nitrogens with two attached hydrogens (primary N) is 1. The molecule has 0 atom stereocenters. The van der Waals surface area contributed by atoms with E-state index < -0.39 is 18.1 Å². The molecule has 3 aromatic heterocycles. The highest BCUT2D eigenvalue weighted by molar-refractivity contribution is 9.10. The third-order valence-corrected chi connectivity index (χ3v) is 7.73. The molecule has 0 aliphatic carbocycles. The summed E-state index contributed by atoms with van der Waals surface area (Å²) in [6.45, 7) is 8.50. The number of fused-ring (bicyclic) bond motifs is 1. The Morgan fingerprint density at radius 2 is 1.71 bits per heavy atom. The van der Waals surface area contributed by atoms with Gasteiger partial charge in [0, 0.05) is 16.9 Å². The van der Waals surface area contributed by atoms with E-state index in [4.69, 9.17) is 5.73 Å². The van der Waals surface area contributed by atoms with Gasteiger partial charge in [0.25, 0.3) is 10.0 Å². The molecule has 0 saturated carbocycles. The largest absolute Gasteiger partial charge is 0.383 e. The van der Waals surface area contributed by atoms with Gasteiger partial charge in [-0.1, -0.05) is 43.3 Å². The molecule has 0 aliphatic rings. The van der Waals surface area contributed by atoms with Crippen molar-refractivity contribution in [2.45, 2.75) is 31.5 Å². The van der Waals surface area contributed by atoms with Crippen LogP contribution in [0.3, 0.4) is 0 Å². The van der Waals surface area contributed by atoms with Gasteiger partial charge in [0.2, 0.25) is 0 Å². The quantitative estimate of drug-likeness (QED) is 0.238. The highest BCUT2D eigenvalue weighted by Gasteiger charge is 2.20. The monoisotopic (exact) mass is 619 g/mol. The zero-order chi connectivity index (χ0) is 25.1. The molecule has 176 valence electrons. The lowest BCUT2D eigenvalue weighted by atomic mass is 10.2. The zero-order valence-electron chi connectivity index (χ0n) is 19.0. The van der Waals surface area contributed by atoms with Gasteiger partial charge in [-0.15, -0.1) is 5.54 Å². The molecule has 4 rings (SSSR count). The molecule has 7 nitrogen and oxygen atoms in total. The van der Waals surface area contributed by atoms with Crippen molar-refractivity contribution in [3.05, 3.63) is 75.2 Å². The van der Waals surface area contributed by atoms with Crippen LogP contribution in [0.2, 0.25) is 19.6 Å². The Bertz CT molecular complexity index is 1500. The summed E-state index contributed by atoms with van der Waals surface area (Å²) in [5.41, 5.74) is 11.6. The van der Waals surface area contributed by atoms with Gasteiger partial charge in [-0.3, -0.25) is 0 Å². The first-order chi connectivity index (χ1) is 15.9. The number of aryl methyl sites for hydroxylation is 1. The summed E-state index contributed by atoms with van der Waals surface area (Å²) < 4.78 is 27.8. The van der Waals surface area contributed by atoms with Crippen molar-refractivity contribution in [1.82, 2.24) is 18.9 Å². The minimum absolute atomic E-state index is 0.227. The first kappa shape index (κ1) is 26.1. The Kier molecular flexibility index (Phi) is 7.97. The van der Waals surface area contributed by atoms with Crippen molar-refractivity contribution in [3.63, 3.8) is 0 Å². The molecule has 0 spiro atoms. The molecule has 0 amide bonds. The predicted octanol–water partition coefficient (Wildman–Crippen LogP) is 5.39. The lowest BCUT2D eigenvalue weighted by Gasteiger charge is -2.07. The van der Waals surface area contributed by atoms with Crippen LogP contribution in [0.4, 0.5) is 5.82 Å². The van der Waals surface area contributed by atoms with Crippen molar-refractivity contribution in [3.8, 4) is 11.5 Å². The molecule has 3 heterocycles. The first-order valence-electron chi connectivity index (χ1n) is 10.1. The van der Waals surface area contributed by atoms with Crippen LogP contribution in [0.25, 0.3) is 11.2 Å². The molecule has 0 fully saturated rings. The molecule has 1 aromatic carbocycles. The van der Waals surface area contributed by atoms with E-state index in [9.17, 15) is 8.42 Å². The molecule has 0 saturated heterocycles. The second-order valence-corrected chi connectivity index (χ2v) is 16.7. The van der Waals surface area contributed by atoms with E-state index in [2.05, 4.69) is 77.9 Å². The van der Waals surface area contributed by atoms with Gasteiger partial charge in [0.15, 0.2) is 5.65 Å². The average molecular weight is 621 g/mol. The smallest absolute Gasteiger partial charge is 0.269 e. The third-order valence-electron chi connectivity index (χ3n) is 4.36. The van der Waals surface area contributed by atoms with E-state index in [0.29, 0.717) is 21.6 Å². The molecule has 11 heteroatoms. The fourth-order valence-electron chi connectivity index (χ4n) is 2.69. The Balaban J connectivity index is 0.000000204. The lowest BCUT2D eigenvalue weighted by Crippen LogP contribution is -2.16. The SMILES string of the molecule is C[Si](C)(C)C#Cc1cc(Br)cnc1N.Cc1ccc(S(=O)(=O)n2ccc3nc(Br)cnc32)cc1. The van der Waals surface area contributed by atoms with Gasteiger partial charge in [0.05, 0.1) is 16.7 Å². The van der Waals surface area contributed by atoms with Gasteiger partial charge in [-0.05, 0) is 63.0 Å². The van der Waals surface area contributed by atoms with E-state index in [1.165, 1.54) is 12.4 Å². The molecule has 0 aliphatic heterocycles. The number of hydrogen-bond acceptors (Lipinski definition) is 6. The predicted molar refractivity (Wildman–Crippen MR) is 146 cm³/mol. The summed E-state index contributed by atoms with van der Waals surface area (Å²) >= 11 is 6.55. The number of aromatic nitrogens is 4. The summed E-state index contributed by atoms with van der Waals surface area (Å²) in [5, 5.41) is 0. The summed E-state index contributed by atoms with van der Waals surface area (Å²) in [7, 11) is -4.99. The summed E-state index contributed by atoms with van der Waals surface area (Å²) in [6.07, 6.45) is 4.62. The van der Waals surface area contributed by atoms with Gasteiger partial charge < -0.3 is 5.73 Å². The fraction of sp³-hybridized carbons (Fsp3) is 0.174. The van der Waals surface area contributed by atoms with Crippen LogP contribution >= 0.6 is 31.9 Å². The van der Waals surface area contributed by atoms with Crippen LogP contribution in [0.1, 0.15) is 11.1 Å². The average Bonchev–Trinajstić information content (AvgIpc) is 3.18. The highest BCUT2D eigenvalue weighted by atomic mass is 79.9. The van der Waals surface area contributed by atoms with E-state index in [0.717, 1.165) is 19.6 Å². The second-order valence-electron chi connectivity index (χ2n) is 8.42. The number of nitrogens with zero attached hydrogens (tertiary/aromatic N) is 4. The lowest BCUT2D eigenvalue weighted by molar-refractivity contribution is 0.588. The minimum Gasteiger partial charge on any atom is -0.383 e. The topological polar surface area (TPSA) is 104 Å². The first-order valence-corrected chi connectivity index (χ1v) is 16.7. The minimum atomic E-state index is -3.65. The van der Waals surface area contributed by atoms with Gasteiger partial charge in [-0.2, -0.15) is 0 Å². The van der Waals surface area contributed by atoms with Crippen LogP contribution in [0.5, 0.6) is 0 Å². The van der Waals surface area contributed by atoms with Gasteiger partial charge >= 0.3 is 0 Å². The fourth-order valence-corrected chi connectivity index (χ4v) is 5.12. The molecular weight excluding hydrogens is 598 g/mol. The van der Waals surface area contributed by atoms with Crippen molar-refractivity contribution >= 4 is 66.9 Å². The van der Waals surface area contributed by atoms with Crippen LogP contribution in [0, 0.1) is 18.4 Å². The second kappa shape index (κ2) is 10.4. The molecule has 34 heavy (non-hydrogen) atoms.